The molecular weight excluding hydrogens is 318 g/mol. The zero-order valence-electron chi connectivity index (χ0n) is 13.3. The van der Waals surface area contributed by atoms with E-state index in [1.165, 1.54) is 0 Å². The summed E-state index contributed by atoms with van der Waals surface area (Å²) in [5.74, 6) is -1.67. The summed E-state index contributed by atoms with van der Waals surface area (Å²) in [6.07, 6.45) is 2.82. The number of aryl methyl sites for hydroxylation is 1. The molecule has 23 heavy (non-hydrogen) atoms. The third-order valence-electron chi connectivity index (χ3n) is 3.97. The molecule has 0 saturated carbocycles. The van der Waals surface area contributed by atoms with Crippen LogP contribution < -0.4 is 5.32 Å². The van der Waals surface area contributed by atoms with E-state index in [1.807, 2.05) is 13.8 Å². The van der Waals surface area contributed by atoms with Crippen LogP contribution in [0.15, 0.2) is 18.3 Å². The van der Waals surface area contributed by atoms with Gasteiger partial charge in [-0.1, -0.05) is 38.8 Å². The lowest BCUT2D eigenvalue weighted by atomic mass is 9.99. The average Bonchev–Trinajstić information content (AvgIpc) is 2.88. The van der Waals surface area contributed by atoms with Gasteiger partial charge >= 0.3 is 5.97 Å². The topological polar surface area (TPSA) is 83.7 Å². The third-order valence-corrected chi connectivity index (χ3v) is 4.19. The lowest BCUT2D eigenvalue weighted by molar-refractivity contribution is -0.140. The first kappa shape index (κ1) is 17.3. The molecule has 2 heterocycles. The molecule has 7 heteroatoms. The number of carboxylic acids is 1. The molecule has 0 aliphatic rings. The summed E-state index contributed by atoms with van der Waals surface area (Å²) in [5.41, 5.74) is 1.55. The van der Waals surface area contributed by atoms with Crippen LogP contribution in [-0.2, 0) is 11.2 Å². The van der Waals surface area contributed by atoms with Crippen molar-refractivity contribution in [1.29, 1.82) is 0 Å². The molecule has 0 aliphatic carbocycles. The molecule has 1 amide bonds. The summed E-state index contributed by atoms with van der Waals surface area (Å²) in [6, 6.07) is 2.48. The number of carboxylic acid groups (broad SMARTS) is 1. The number of aliphatic carboxylic acids is 1. The second-order valence-electron chi connectivity index (χ2n) is 5.51. The van der Waals surface area contributed by atoms with Crippen molar-refractivity contribution < 1.29 is 14.7 Å². The van der Waals surface area contributed by atoms with Gasteiger partial charge in [0.1, 0.15) is 17.4 Å². The number of amides is 1. The first-order valence-electron chi connectivity index (χ1n) is 7.59. The van der Waals surface area contributed by atoms with Crippen molar-refractivity contribution in [2.45, 2.75) is 39.7 Å². The Kier molecular flexibility index (Phi) is 5.26. The van der Waals surface area contributed by atoms with Crippen LogP contribution in [0.5, 0.6) is 0 Å². The van der Waals surface area contributed by atoms with E-state index in [0.717, 1.165) is 0 Å². The van der Waals surface area contributed by atoms with E-state index in [2.05, 4.69) is 10.3 Å². The van der Waals surface area contributed by atoms with Crippen LogP contribution in [0.4, 0.5) is 0 Å². The number of carbonyl (C=O) groups is 2. The Morgan fingerprint density at radius 1 is 1.39 bits per heavy atom. The number of fused-ring (bicyclic) bond motifs is 1. The first-order valence-corrected chi connectivity index (χ1v) is 7.96. The standard InChI is InChI=1S/C16H20ClN3O3/c1-4-9(3)13(16(22)23)19-15(21)14-11(5-2)18-12-7-6-10(17)8-20(12)14/h6-9,13H,4-5H2,1-3H3,(H,19,21)(H,22,23). The molecule has 124 valence electrons. The molecule has 6 nitrogen and oxygen atoms in total. The molecule has 0 spiro atoms. The zero-order valence-corrected chi connectivity index (χ0v) is 14.1. The molecule has 0 fully saturated rings. The largest absolute Gasteiger partial charge is 0.480 e. The minimum absolute atomic E-state index is 0.177. The van der Waals surface area contributed by atoms with E-state index in [9.17, 15) is 14.7 Å². The van der Waals surface area contributed by atoms with Gasteiger partial charge in [0, 0.05) is 6.20 Å². The fraction of sp³-hybridized carbons (Fsp3) is 0.438. The Labute approximate surface area is 139 Å². The molecular formula is C16H20ClN3O3. The number of halogens is 1. The predicted octanol–water partition coefficient (Wildman–Crippen LogP) is 2.78. The minimum Gasteiger partial charge on any atom is -0.480 e. The number of pyridine rings is 1. The van der Waals surface area contributed by atoms with Crippen LogP contribution in [-0.4, -0.2) is 32.4 Å². The van der Waals surface area contributed by atoms with Crippen molar-refractivity contribution in [2.75, 3.05) is 0 Å². The van der Waals surface area contributed by atoms with Gasteiger partial charge in [-0.25, -0.2) is 9.78 Å². The van der Waals surface area contributed by atoms with Gasteiger partial charge in [0.15, 0.2) is 0 Å². The van der Waals surface area contributed by atoms with Gasteiger partial charge in [0.25, 0.3) is 5.91 Å². The SMILES string of the molecule is CCc1nc2ccc(Cl)cn2c1C(=O)NC(C(=O)O)C(C)CC. The number of aromatic nitrogens is 2. The number of carbonyl (C=O) groups excluding carboxylic acids is 1. The smallest absolute Gasteiger partial charge is 0.326 e. The van der Waals surface area contributed by atoms with Crippen LogP contribution in [0.1, 0.15) is 43.4 Å². The number of hydrogen-bond donors (Lipinski definition) is 2. The summed E-state index contributed by atoms with van der Waals surface area (Å²) in [4.78, 5) is 28.5. The van der Waals surface area contributed by atoms with Crippen LogP contribution in [0, 0.1) is 5.92 Å². The van der Waals surface area contributed by atoms with Gasteiger partial charge in [0.05, 0.1) is 10.7 Å². The molecule has 2 rings (SSSR count). The van der Waals surface area contributed by atoms with Crippen molar-refractivity contribution in [1.82, 2.24) is 14.7 Å². The summed E-state index contributed by atoms with van der Waals surface area (Å²) in [6.45, 7) is 5.58. The predicted molar refractivity (Wildman–Crippen MR) is 87.9 cm³/mol. The van der Waals surface area contributed by atoms with E-state index in [1.54, 1.807) is 29.7 Å². The Balaban J connectivity index is 2.43. The molecule has 0 bridgehead atoms. The van der Waals surface area contributed by atoms with Gasteiger partial charge in [-0.2, -0.15) is 0 Å². The number of nitrogens with one attached hydrogen (secondary N) is 1. The van der Waals surface area contributed by atoms with Crippen molar-refractivity contribution in [3.8, 4) is 0 Å². The molecule has 0 aromatic carbocycles. The highest BCUT2D eigenvalue weighted by Gasteiger charge is 2.28. The van der Waals surface area contributed by atoms with Crippen LogP contribution in [0.2, 0.25) is 5.02 Å². The van der Waals surface area contributed by atoms with Gasteiger partial charge in [-0.05, 0) is 24.5 Å². The van der Waals surface area contributed by atoms with E-state index >= 15 is 0 Å². The summed E-state index contributed by atoms with van der Waals surface area (Å²) < 4.78 is 1.60. The number of rotatable bonds is 6. The van der Waals surface area contributed by atoms with Gasteiger partial charge < -0.3 is 10.4 Å². The quantitative estimate of drug-likeness (QED) is 0.849. The monoisotopic (exact) mass is 337 g/mol. The first-order chi connectivity index (χ1) is 10.9. The summed E-state index contributed by atoms with van der Waals surface area (Å²) in [5, 5.41) is 12.4. The van der Waals surface area contributed by atoms with Crippen molar-refractivity contribution in [2.24, 2.45) is 5.92 Å². The Morgan fingerprint density at radius 2 is 2.09 bits per heavy atom. The Morgan fingerprint density at radius 3 is 2.65 bits per heavy atom. The van der Waals surface area contributed by atoms with Crippen molar-refractivity contribution >= 4 is 29.1 Å². The zero-order chi connectivity index (χ0) is 17.1. The highest BCUT2D eigenvalue weighted by Crippen LogP contribution is 2.18. The molecule has 2 unspecified atom stereocenters. The molecule has 0 saturated heterocycles. The average molecular weight is 338 g/mol. The highest BCUT2D eigenvalue weighted by molar-refractivity contribution is 6.30. The minimum atomic E-state index is -1.04. The lowest BCUT2D eigenvalue weighted by Gasteiger charge is -2.20. The second kappa shape index (κ2) is 7.00. The summed E-state index contributed by atoms with van der Waals surface area (Å²) in [7, 11) is 0. The number of imidazole rings is 1. The van der Waals surface area contributed by atoms with E-state index in [-0.39, 0.29) is 5.92 Å². The lowest BCUT2D eigenvalue weighted by Crippen LogP contribution is -2.45. The van der Waals surface area contributed by atoms with Crippen LogP contribution in [0.3, 0.4) is 0 Å². The highest BCUT2D eigenvalue weighted by atomic mass is 35.5. The maximum Gasteiger partial charge on any atom is 0.326 e. The second-order valence-corrected chi connectivity index (χ2v) is 5.95. The third kappa shape index (κ3) is 3.47. The molecule has 2 aromatic heterocycles. The van der Waals surface area contributed by atoms with E-state index < -0.39 is 17.9 Å². The van der Waals surface area contributed by atoms with Crippen LogP contribution >= 0.6 is 11.6 Å². The number of hydrogen-bond acceptors (Lipinski definition) is 3. The normalized spacial score (nSPS) is 13.7. The fourth-order valence-electron chi connectivity index (χ4n) is 2.45. The van der Waals surface area contributed by atoms with Crippen molar-refractivity contribution in [3.63, 3.8) is 0 Å². The van der Waals surface area contributed by atoms with Gasteiger partial charge in [0.2, 0.25) is 0 Å². The molecule has 2 atom stereocenters. The molecule has 0 radical (unpaired) electrons. The van der Waals surface area contributed by atoms with Gasteiger partial charge in [-0.15, -0.1) is 0 Å². The Hall–Kier alpha value is -2.08. The maximum absolute atomic E-state index is 12.7. The molecule has 2 aromatic rings. The maximum atomic E-state index is 12.7. The Bertz CT molecular complexity index is 741. The van der Waals surface area contributed by atoms with E-state index in [4.69, 9.17) is 11.6 Å². The fourth-order valence-corrected chi connectivity index (χ4v) is 2.61. The van der Waals surface area contributed by atoms with Gasteiger partial charge in [-0.3, -0.25) is 9.20 Å². The molecule has 0 aliphatic heterocycles. The van der Waals surface area contributed by atoms with Crippen molar-refractivity contribution in [3.05, 3.63) is 34.7 Å². The molecule has 2 N–H and O–H groups in total. The van der Waals surface area contributed by atoms with E-state index in [0.29, 0.717) is 34.9 Å². The van der Waals surface area contributed by atoms with Crippen LogP contribution in [0.25, 0.3) is 5.65 Å². The number of nitrogens with zero attached hydrogens (tertiary/aromatic N) is 2. The summed E-state index contributed by atoms with van der Waals surface area (Å²) >= 11 is 6.00.